The van der Waals surface area contributed by atoms with E-state index in [0.717, 1.165) is 18.7 Å². The number of halogens is 1. The van der Waals surface area contributed by atoms with E-state index in [-0.39, 0.29) is 5.82 Å². The quantitative estimate of drug-likeness (QED) is 0.615. The highest BCUT2D eigenvalue weighted by molar-refractivity contribution is 5.38. The van der Waals surface area contributed by atoms with E-state index in [1.165, 1.54) is 25.3 Å². The zero-order valence-electron chi connectivity index (χ0n) is 13.5. The molecule has 0 bridgehead atoms. The Balaban J connectivity index is 2.80. The molecular formula is C18H27FN2. The number of unbranched alkanes of at least 4 members (excludes halogenated alkanes) is 2. The Morgan fingerprint density at radius 2 is 2.00 bits per heavy atom. The van der Waals surface area contributed by atoms with E-state index >= 15 is 0 Å². The summed E-state index contributed by atoms with van der Waals surface area (Å²) in [4.78, 5) is 2.38. The van der Waals surface area contributed by atoms with Crippen LogP contribution in [0.4, 0.5) is 4.39 Å². The van der Waals surface area contributed by atoms with Crippen molar-refractivity contribution in [1.82, 2.24) is 4.90 Å². The molecule has 2 N–H and O–H groups in total. The van der Waals surface area contributed by atoms with Crippen molar-refractivity contribution < 1.29 is 4.39 Å². The van der Waals surface area contributed by atoms with Gasteiger partial charge in [-0.2, -0.15) is 0 Å². The molecule has 0 amide bonds. The lowest BCUT2D eigenvalue weighted by atomic mass is 10.1. The van der Waals surface area contributed by atoms with Gasteiger partial charge in [0, 0.05) is 18.2 Å². The third-order valence-corrected chi connectivity index (χ3v) is 3.46. The van der Waals surface area contributed by atoms with Crippen molar-refractivity contribution in [3.8, 4) is 11.8 Å². The van der Waals surface area contributed by atoms with Gasteiger partial charge < -0.3 is 5.73 Å². The minimum Gasteiger partial charge on any atom is -0.320 e. The molecule has 0 heterocycles. The summed E-state index contributed by atoms with van der Waals surface area (Å²) in [5.74, 6) is 5.45. The number of rotatable bonds is 7. The van der Waals surface area contributed by atoms with Crippen molar-refractivity contribution >= 4 is 0 Å². The van der Waals surface area contributed by atoms with Crippen LogP contribution in [-0.4, -0.2) is 24.0 Å². The van der Waals surface area contributed by atoms with Gasteiger partial charge in [0.05, 0.1) is 6.54 Å². The molecule has 0 aliphatic rings. The maximum Gasteiger partial charge on any atom is 0.124 e. The second-order valence-electron chi connectivity index (χ2n) is 5.63. The van der Waals surface area contributed by atoms with E-state index in [2.05, 4.69) is 37.5 Å². The summed E-state index contributed by atoms with van der Waals surface area (Å²) < 4.78 is 13.7. The van der Waals surface area contributed by atoms with Crippen LogP contribution < -0.4 is 5.73 Å². The van der Waals surface area contributed by atoms with Gasteiger partial charge >= 0.3 is 0 Å². The van der Waals surface area contributed by atoms with Gasteiger partial charge in [-0.15, -0.1) is 0 Å². The van der Waals surface area contributed by atoms with Crippen LogP contribution in [-0.2, 0) is 6.54 Å². The largest absolute Gasteiger partial charge is 0.320 e. The molecule has 0 fully saturated rings. The first kappa shape index (κ1) is 17.7. The molecular weight excluding hydrogens is 263 g/mol. The highest BCUT2D eigenvalue weighted by Crippen LogP contribution is 2.14. The molecule has 1 aromatic rings. The number of hydrogen-bond acceptors (Lipinski definition) is 2. The molecule has 0 saturated heterocycles. The Morgan fingerprint density at radius 1 is 1.24 bits per heavy atom. The van der Waals surface area contributed by atoms with Crippen molar-refractivity contribution in [3.63, 3.8) is 0 Å². The van der Waals surface area contributed by atoms with E-state index in [0.29, 0.717) is 18.2 Å². The van der Waals surface area contributed by atoms with Gasteiger partial charge in [0.25, 0.3) is 0 Å². The summed E-state index contributed by atoms with van der Waals surface area (Å²) in [6, 6.07) is 5.47. The smallest absolute Gasteiger partial charge is 0.124 e. The lowest BCUT2D eigenvalue weighted by Crippen LogP contribution is -2.31. The van der Waals surface area contributed by atoms with Crippen LogP contribution in [0.5, 0.6) is 0 Å². The third-order valence-electron chi connectivity index (χ3n) is 3.46. The Hall–Kier alpha value is -1.37. The molecule has 1 aromatic carbocycles. The van der Waals surface area contributed by atoms with Crippen molar-refractivity contribution in [3.05, 3.63) is 35.1 Å². The van der Waals surface area contributed by atoms with Crippen LogP contribution >= 0.6 is 0 Å². The van der Waals surface area contributed by atoms with E-state index in [4.69, 9.17) is 5.73 Å². The van der Waals surface area contributed by atoms with E-state index in [1.54, 1.807) is 6.07 Å². The second kappa shape index (κ2) is 9.55. The standard InChI is InChI=1S/C18H27FN2/c1-4-5-6-10-21(15(2)3)14-17-11-16(8-7-9-20)12-18(19)13-17/h11-13,15H,4-6,9-10,14,20H2,1-3H3. The molecule has 0 atom stereocenters. The maximum atomic E-state index is 13.7. The first-order valence-electron chi connectivity index (χ1n) is 7.79. The predicted molar refractivity (Wildman–Crippen MR) is 87.4 cm³/mol. The molecule has 21 heavy (non-hydrogen) atoms. The van der Waals surface area contributed by atoms with Crippen molar-refractivity contribution in [1.29, 1.82) is 0 Å². The number of benzene rings is 1. The van der Waals surface area contributed by atoms with Crippen molar-refractivity contribution in [2.45, 2.75) is 52.6 Å². The summed E-state index contributed by atoms with van der Waals surface area (Å²) in [7, 11) is 0. The van der Waals surface area contributed by atoms with E-state index < -0.39 is 0 Å². The summed E-state index contributed by atoms with van der Waals surface area (Å²) in [5.41, 5.74) is 7.04. The zero-order chi connectivity index (χ0) is 15.7. The second-order valence-corrected chi connectivity index (χ2v) is 5.63. The van der Waals surface area contributed by atoms with Gasteiger partial charge in [0.15, 0.2) is 0 Å². The molecule has 0 radical (unpaired) electrons. The first-order valence-corrected chi connectivity index (χ1v) is 7.79. The Morgan fingerprint density at radius 3 is 2.62 bits per heavy atom. The Kier molecular flexibility index (Phi) is 8.04. The lowest BCUT2D eigenvalue weighted by molar-refractivity contribution is 0.208. The van der Waals surface area contributed by atoms with Gasteiger partial charge in [-0.3, -0.25) is 4.90 Å². The molecule has 0 unspecified atom stereocenters. The normalized spacial score (nSPS) is 10.8. The van der Waals surface area contributed by atoms with E-state index in [9.17, 15) is 4.39 Å². The lowest BCUT2D eigenvalue weighted by Gasteiger charge is -2.26. The van der Waals surface area contributed by atoms with Crippen molar-refractivity contribution in [2.75, 3.05) is 13.1 Å². The van der Waals surface area contributed by atoms with Crippen LogP contribution in [0.1, 0.15) is 51.2 Å². The predicted octanol–water partition coefficient (Wildman–Crippen LogP) is 3.54. The fourth-order valence-corrected chi connectivity index (χ4v) is 2.29. The van der Waals surface area contributed by atoms with E-state index in [1.807, 2.05) is 6.07 Å². The molecule has 0 saturated carbocycles. The molecule has 0 spiro atoms. The third kappa shape index (κ3) is 6.75. The highest BCUT2D eigenvalue weighted by atomic mass is 19.1. The molecule has 0 aromatic heterocycles. The fraction of sp³-hybridized carbons (Fsp3) is 0.556. The monoisotopic (exact) mass is 290 g/mol. The molecule has 0 aliphatic heterocycles. The van der Waals surface area contributed by atoms with Crippen LogP contribution in [0, 0.1) is 17.7 Å². The van der Waals surface area contributed by atoms with Crippen LogP contribution in [0.15, 0.2) is 18.2 Å². The number of nitrogens with zero attached hydrogens (tertiary/aromatic N) is 1. The number of nitrogens with two attached hydrogens (primary N) is 1. The highest BCUT2D eigenvalue weighted by Gasteiger charge is 2.11. The number of hydrogen-bond donors (Lipinski definition) is 1. The molecule has 0 aliphatic carbocycles. The maximum absolute atomic E-state index is 13.7. The average Bonchev–Trinajstić information content (AvgIpc) is 2.43. The molecule has 3 heteroatoms. The minimum absolute atomic E-state index is 0.230. The average molecular weight is 290 g/mol. The van der Waals surface area contributed by atoms with Crippen molar-refractivity contribution in [2.24, 2.45) is 5.73 Å². The van der Waals surface area contributed by atoms with Crippen LogP contribution in [0.2, 0.25) is 0 Å². The molecule has 2 nitrogen and oxygen atoms in total. The molecule has 1 rings (SSSR count). The SMILES string of the molecule is CCCCCN(Cc1cc(F)cc(C#CCN)c1)C(C)C. The van der Waals surface area contributed by atoms with Gasteiger partial charge in [-0.1, -0.05) is 31.6 Å². The van der Waals surface area contributed by atoms with Crippen LogP contribution in [0.25, 0.3) is 0 Å². The zero-order valence-corrected chi connectivity index (χ0v) is 13.5. The first-order chi connectivity index (χ1) is 10.1. The topological polar surface area (TPSA) is 29.3 Å². The Labute approximate surface area is 128 Å². The minimum atomic E-state index is -0.230. The summed E-state index contributed by atoms with van der Waals surface area (Å²) in [6.45, 7) is 8.67. The summed E-state index contributed by atoms with van der Waals surface area (Å²) in [5, 5.41) is 0. The molecule has 116 valence electrons. The van der Waals surface area contributed by atoms with Gasteiger partial charge in [0.1, 0.15) is 5.82 Å². The fourth-order valence-electron chi connectivity index (χ4n) is 2.29. The van der Waals surface area contributed by atoms with Gasteiger partial charge in [0.2, 0.25) is 0 Å². The van der Waals surface area contributed by atoms with Gasteiger partial charge in [-0.25, -0.2) is 4.39 Å². The summed E-state index contributed by atoms with van der Waals surface area (Å²) >= 11 is 0. The Bertz CT molecular complexity index is 486. The summed E-state index contributed by atoms with van der Waals surface area (Å²) in [6.07, 6.45) is 3.63. The van der Waals surface area contributed by atoms with Gasteiger partial charge in [-0.05, 0) is 50.6 Å². The van der Waals surface area contributed by atoms with Crippen LogP contribution in [0.3, 0.4) is 0 Å².